The summed E-state index contributed by atoms with van der Waals surface area (Å²) in [7, 11) is 1.60. The van der Waals surface area contributed by atoms with E-state index in [2.05, 4.69) is 16.6 Å². The zero-order valence-corrected chi connectivity index (χ0v) is 9.62. The first-order chi connectivity index (χ1) is 8.19. The zero-order valence-electron chi connectivity index (χ0n) is 9.62. The minimum atomic E-state index is -0.533. The lowest BCUT2D eigenvalue weighted by Gasteiger charge is -2.38. The van der Waals surface area contributed by atoms with E-state index in [9.17, 15) is 4.79 Å². The van der Waals surface area contributed by atoms with Gasteiger partial charge >= 0.3 is 0 Å². The van der Waals surface area contributed by atoms with Gasteiger partial charge in [0.15, 0.2) is 5.60 Å². The second kappa shape index (κ2) is 4.48. The van der Waals surface area contributed by atoms with E-state index in [4.69, 9.17) is 11.2 Å². The molecule has 0 atom stereocenters. The van der Waals surface area contributed by atoms with Crippen LogP contribution in [-0.2, 0) is 0 Å². The summed E-state index contributed by atoms with van der Waals surface area (Å²) in [5.41, 5.74) is 0.0653. The summed E-state index contributed by atoms with van der Waals surface area (Å²) in [5, 5.41) is 5.64. The fourth-order valence-electron chi connectivity index (χ4n) is 1.60. The van der Waals surface area contributed by atoms with Gasteiger partial charge in [-0.15, -0.1) is 6.42 Å². The van der Waals surface area contributed by atoms with Gasteiger partial charge in [0.2, 0.25) is 0 Å². The third kappa shape index (κ3) is 2.24. The van der Waals surface area contributed by atoms with Crippen LogP contribution in [0.4, 0.5) is 0 Å². The van der Waals surface area contributed by atoms with Crippen LogP contribution in [-0.4, -0.2) is 31.6 Å². The van der Waals surface area contributed by atoms with Gasteiger partial charge in [0.05, 0.1) is 0 Å². The monoisotopic (exact) mass is 230 g/mol. The van der Waals surface area contributed by atoms with Gasteiger partial charge in [-0.2, -0.15) is 0 Å². The smallest absolute Gasteiger partial charge is 0.251 e. The lowest BCUT2D eigenvalue weighted by atomic mass is 9.98. The lowest BCUT2D eigenvalue weighted by Crippen LogP contribution is -2.62. The molecule has 0 aromatic heterocycles. The molecule has 0 bridgehead atoms. The fourth-order valence-corrected chi connectivity index (χ4v) is 1.60. The standard InChI is InChI=1S/C13H14N2O2/c1-3-13(8-15-9-13)17-11-6-4-10(5-7-11)12(16)14-2/h1,4-7,15H,8-9H2,2H3,(H,14,16). The molecule has 0 radical (unpaired) electrons. The molecule has 2 N–H and O–H groups in total. The van der Waals surface area contributed by atoms with E-state index in [1.165, 1.54) is 0 Å². The highest BCUT2D eigenvalue weighted by Crippen LogP contribution is 2.21. The van der Waals surface area contributed by atoms with Crippen molar-refractivity contribution in [1.82, 2.24) is 10.6 Å². The van der Waals surface area contributed by atoms with Crippen molar-refractivity contribution in [1.29, 1.82) is 0 Å². The summed E-state index contributed by atoms with van der Waals surface area (Å²) >= 11 is 0. The number of benzene rings is 1. The maximum absolute atomic E-state index is 11.3. The van der Waals surface area contributed by atoms with Crippen molar-refractivity contribution in [3.8, 4) is 18.1 Å². The topological polar surface area (TPSA) is 50.4 Å². The molecule has 88 valence electrons. The largest absolute Gasteiger partial charge is 0.472 e. The predicted octanol–water partition coefficient (Wildman–Crippen LogP) is 0.400. The van der Waals surface area contributed by atoms with Crippen LogP contribution in [0, 0.1) is 12.3 Å². The van der Waals surface area contributed by atoms with E-state index < -0.39 is 5.60 Å². The molecule has 17 heavy (non-hydrogen) atoms. The number of carbonyl (C=O) groups is 1. The fraction of sp³-hybridized carbons (Fsp3) is 0.308. The van der Waals surface area contributed by atoms with Gasteiger partial charge in [0.1, 0.15) is 5.75 Å². The average Bonchev–Trinajstić information content (AvgIpc) is 2.33. The lowest BCUT2D eigenvalue weighted by molar-refractivity contribution is 0.0735. The summed E-state index contributed by atoms with van der Waals surface area (Å²) < 4.78 is 5.73. The summed E-state index contributed by atoms with van der Waals surface area (Å²) in [6.45, 7) is 1.31. The van der Waals surface area contributed by atoms with Gasteiger partial charge in [-0.05, 0) is 24.3 Å². The van der Waals surface area contributed by atoms with Crippen LogP contribution in [0.1, 0.15) is 10.4 Å². The highest BCUT2D eigenvalue weighted by molar-refractivity contribution is 5.94. The average molecular weight is 230 g/mol. The molecule has 0 aliphatic carbocycles. The van der Waals surface area contributed by atoms with Crippen molar-refractivity contribution in [2.75, 3.05) is 20.1 Å². The molecule has 0 spiro atoms. The minimum absolute atomic E-state index is 0.117. The first-order valence-electron chi connectivity index (χ1n) is 5.39. The van der Waals surface area contributed by atoms with Crippen LogP contribution in [0.5, 0.6) is 5.75 Å². The first kappa shape index (κ1) is 11.5. The van der Waals surface area contributed by atoms with Crippen molar-refractivity contribution in [3.05, 3.63) is 29.8 Å². The van der Waals surface area contributed by atoms with Gasteiger partial charge in [-0.25, -0.2) is 0 Å². The zero-order chi connectivity index (χ0) is 12.3. The van der Waals surface area contributed by atoms with Crippen molar-refractivity contribution in [2.24, 2.45) is 0 Å². The molecule has 2 rings (SSSR count). The third-order valence-electron chi connectivity index (χ3n) is 2.74. The molecule has 4 heteroatoms. The molecular formula is C13H14N2O2. The number of terminal acetylenes is 1. The second-order valence-corrected chi connectivity index (χ2v) is 3.95. The van der Waals surface area contributed by atoms with Gasteiger partial charge in [-0.3, -0.25) is 4.79 Å². The van der Waals surface area contributed by atoms with Gasteiger partial charge in [0.25, 0.3) is 5.91 Å². The highest BCUT2D eigenvalue weighted by atomic mass is 16.5. The van der Waals surface area contributed by atoms with Crippen LogP contribution in [0.15, 0.2) is 24.3 Å². The van der Waals surface area contributed by atoms with Crippen molar-refractivity contribution in [2.45, 2.75) is 5.60 Å². The number of nitrogens with one attached hydrogen (secondary N) is 2. The molecular weight excluding hydrogens is 216 g/mol. The Hall–Kier alpha value is -1.99. The minimum Gasteiger partial charge on any atom is -0.472 e. The number of amides is 1. The van der Waals surface area contributed by atoms with Crippen molar-refractivity contribution in [3.63, 3.8) is 0 Å². The molecule has 0 unspecified atom stereocenters. The second-order valence-electron chi connectivity index (χ2n) is 3.95. The Morgan fingerprint density at radius 3 is 2.53 bits per heavy atom. The molecule has 1 heterocycles. The van der Waals surface area contributed by atoms with E-state index in [1.54, 1.807) is 31.3 Å². The number of carbonyl (C=O) groups excluding carboxylic acids is 1. The molecule has 1 saturated heterocycles. The van der Waals surface area contributed by atoms with Gasteiger partial charge in [0, 0.05) is 25.7 Å². The number of rotatable bonds is 3. The maximum atomic E-state index is 11.3. The van der Waals surface area contributed by atoms with Crippen LogP contribution in [0.2, 0.25) is 0 Å². The van der Waals surface area contributed by atoms with Gasteiger partial charge in [-0.1, -0.05) is 5.92 Å². The Labute approximate surface area is 100 Å². The van der Waals surface area contributed by atoms with Crippen LogP contribution >= 0.6 is 0 Å². The summed E-state index contributed by atoms with van der Waals surface area (Å²) in [5.74, 6) is 3.21. The maximum Gasteiger partial charge on any atom is 0.251 e. The predicted molar refractivity (Wildman–Crippen MR) is 64.9 cm³/mol. The number of hydrogen-bond acceptors (Lipinski definition) is 3. The molecule has 1 aliphatic rings. The van der Waals surface area contributed by atoms with Crippen molar-refractivity contribution < 1.29 is 9.53 Å². The Balaban J connectivity index is 2.09. The van der Waals surface area contributed by atoms with E-state index in [1.807, 2.05) is 0 Å². The Kier molecular flexibility index (Phi) is 3.03. The van der Waals surface area contributed by atoms with Crippen LogP contribution in [0.25, 0.3) is 0 Å². The van der Waals surface area contributed by atoms with E-state index in [0.29, 0.717) is 24.4 Å². The Morgan fingerprint density at radius 1 is 1.47 bits per heavy atom. The summed E-state index contributed by atoms with van der Waals surface area (Å²) in [6.07, 6.45) is 5.44. The molecule has 1 fully saturated rings. The molecule has 0 saturated carbocycles. The molecule has 4 nitrogen and oxygen atoms in total. The van der Waals surface area contributed by atoms with E-state index in [0.717, 1.165) is 0 Å². The Bertz CT molecular complexity index is 455. The Morgan fingerprint density at radius 2 is 2.12 bits per heavy atom. The highest BCUT2D eigenvalue weighted by Gasteiger charge is 2.37. The van der Waals surface area contributed by atoms with Crippen LogP contribution in [0.3, 0.4) is 0 Å². The molecule has 1 aromatic carbocycles. The number of hydrogen-bond donors (Lipinski definition) is 2. The summed E-state index contributed by atoms with van der Waals surface area (Å²) in [6, 6.07) is 6.93. The van der Waals surface area contributed by atoms with Crippen LogP contribution < -0.4 is 15.4 Å². The molecule has 1 amide bonds. The molecule has 1 aromatic rings. The normalized spacial score (nSPS) is 16.5. The van der Waals surface area contributed by atoms with Gasteiger partial charge < -0.3 is 15.4 Å². The first-order valence-corrected chi connectivity index (χ1v) is 5.39. The third-order valence-corrected chi connectivity index (χ3v) is 2.74. The van der Waals surface area contributed by atoms with E-state index in [-0.39, 0.29) is 5.91 Å². The molecule has 1 aliphatic heterocycles. The quantitative estimate of drug-likeness (QED) is 0.739. The van der Waals surface area contributed by atoms with E-state index >= 15 is 0 Å². The van der Waals surface area contributed by atoms with Crippen molar-refractivity contribution >= 4 is 5.91 Å². The summed E-state index contributed by atoms with van der Waals surface area (Å²) in [4.78, 5) is 11.3. The SMILES string of the molecule is C#CC1(Oc2ccc(C(=O)NC)cc2)CNC1. The number of ether oxygens (including phenoxy) is 1.